The van der Waals surface area contributed by atoms with Gasteiger partial charge in [-0.2, -0.15) is 0 Å². The molecule has 2 N–H and O–H groups in total. The Kier molecular flexibility index (Phi) is 8.46. The third kappa shape index (κ3) is 6.34. The molecule has 7 nitrogen and oxygen atoms in total. The average molecular weight is 452 g/mol. The van der Waals surface area contributed by atoms with E-state index in [1.807, 2.05) is 18.7 Å². The van der Waals surface area contributed by atoms with Gasteiger partial charge >= 0.3 is 0 Å². The highest BCUT2D eigenvalue weighted by Gasteiger charge is 2.30. The minimum Gasteiger partial charge on any atom is -0.497 e. The van der Waals surface area contributed by atoms with E-state index in [9.17, 15) is 14.4 Å². The second kappa shape index (κ2) is 11.5. The highest BCUT2D eigenvalue weighted by atomic mass is 16.5. The molecule has 1 heterocycles. The minimum absolute atomic E-state index is 0.0417. The zero-order chi connectivity index (χ0) is 23.8. The van der Waals surface area contributed by atoms with Crippen LogP contribution in [0.4, 0.5) is 5.69 Å². The first-order valence-corrected chi connectivity index (χ1v) is 11.5. The number of amides is 3. The van der Waals surface area contributed by atoms with Gasteiger partial charge in [-0.15, -0.1) is 0 Å². The van der Waals surface area contributed by atoms with Gasteiger partial charge in [0.15, 0.2) is 0 Å². The molecule has 3 amide bonds. The van der Waals surface area contributed by atoms with Gasteiger partial charge in [-0.1, -0.05) is 38.8 Å². The van der Waals surface area contributed by atoms with Crippen molar-refractivity contribution in [1.29, 1.82) is 0 Å². The van der Waals surface area contributed by atoms with Gasteiger partial charge in [0.2, 0.25) is 5.91 Å². The third-order valence-electron chi connectivity index (χ3n) is 5.91. The van der Waals surface area contributed by atoms with E-state index in [0.717, 1.165) is 38.8 Å². The molecule has 1 aliphatic rings. The number of anilines is 1. The van der Waals surface area contributed by atoms with Gasteiger partial charge in [0.05, 0.1) is 18.4 Å². The van der Waals surface area contributed by atoms with Gasteiger partial charge in [-0.3, -0.25) is 14.4 Å². The average Bonchev–Trinajstić information content (AvgIpc) is 3.12. The van der Waals surface area contributed by atoms with Crippen molar-refractivity contribution in [3.63, 3.8) is 0 Å². The van der Waals surface area contributed by atoms with Crippen LogP contribution in [0.25, 0.3) is 0 Å². The Hall–Kier alpha value is -3.35. The summed E-state index contributed by atoms with van der Waals surface area (Å²) in [6.07, 6.45) is 4.24. The number of nitrogens with one attached hydrogen (secondary N) is 2. The number of benzene rings is 2. The van der Waals surface area contributed by atoms with Crippen LogP contribution in [-0.2, 0) is 4.79 Å². The minimum atomic E-state index is -0.624. The summed E-state index contributed by atoms with van der Waals surface area (Å²) in [6, 6.07) is 12.9. The van der Waals surface area contributed by atoms with Gasteiger partial charge in [-0.25, -0.2) is 0 Å². The number of rotatable bonds is 7. The van der Waals surface area contributed by atoms with E-state index < -0.39 is 6.04 Å². The molecule has 0 bridgehead atoms. The van der Waals surface area contributed by atoms with Crippen molar-refractivity contribution in [3.05, 3.63) is 59.7 Å². The summed E-state index contributed by atoms with van der Waals surface area (Å²) < 4.78 is 5.13. The summed E-state index contributed by atoms with van der Waals surface area (Å²) >= 11 is 0. The van der Waals surface area contributed by atoms with Crippen molar-refractivity contribution >= 4 is 23.4 Å². The first-order chi connectivity index (χ1) is 15.9. The summed E-state index contributed by atoms with van der Waals surface area (Å²) in [6.45, 7) is 5.31. The topological polar surface area (TPSA) is 87.7 Å². The molecule has 0 spiro atoms. The lowest BCUT2D eigenvalue weighted by Crippen LogP contribution is -2.51. The molecule has 7 heteroatoms. The summed E-state index contributed by atoms with van der Waals surface area (Å²) in [7, 11) is 1.56. The number of carbonyl (C=O) groups is 3. The van der Waals surface area contributed by atoms with E-state index in [1.165, 1.54) is 0 Å². The Morgan fingerprint density at radius 1 is 0.879 bits per heavy atom. The molecular formula is C26H33N3O4. The van der Waals surface area contributed by atoms with Crippen LogP contribution in [0.3, 0.4) is 0 Å². The highest BCUT2D eigenvalue weighted by molar-refractivity contribution is 6.09. The fourth-order valence-corrected chi connectivity index (χ4v) is 3.95. The quantitative estimate of drug-likeness (QED) is 0.663. The molecule has 0 aliphatic carbocycles. The first-order valence-electron chi connectivity index (χ1n) is 11.5. The molecule has 0 saturated carbocycles. The molecule has 0 aromatic heterocycles. The second-order valence-corrected chi connectivity index (χ2v) is 8.66. The molecule has 1 saturated heterocycles. The molecule has 2 aromatic carbocycles. The lowest BCUT2D eigenvalue weighted by atomic mass is 10.0. The second-order valence-electron chi connectivity index (χ2n) is 8.66. The number of para-hydroxylation sites is 1. The zero-order valence-electron chi connectivity index (χ0n) is 19.6. The van der Waals surface area contributed by atoms with Crippen LogP contribution in [0.5, 0.6) is 5.75 Å². The van der Waals surface area contributed by atoms with Crippen LogP contribution >= 0.6 is 0 Å². The number of carbonyl (C=O) groups excluding carboxylic acids is 3. The van der Waals surface area contributed by atoms with E-state index in [-0.39, 0.29) is 23.6 Å². The Morgan fingerprint density at radius 2 is 1.52 bits per heavy atom. The normalized spacial score (nSPS) is 14.8. The number of hydrogen-bond acceptors (Lipinski definition) is 4. The number of nitrogens with zero attached hydrogens (tertiary/aromatic N) is 1. The molecule has 176 valence electrons. The van der Waals surface area contributed by atoms with Gasteiger partial charge in [0.1, 0.15) is 11.8 Å². The third-order valence-corrected chi connectivity index (χ3v) is 5.91. The van der Waals surface area contributed by atoms with Crippen LogP contribution in [0.15, 0.2) is 48.5 Å². The van der Waals surface area contributed by atoms with Gasteiger partial charge in [-0.05, 0) is 55.2 Å². The van der Waals surface area contributed by atoms with E-state index in [1.54, 1.807) is 55.6 Å². The summed E-state index contributed by atoms with van der Waals surface area (Å²) in [5.41, 5.74) is 1.15. The molecule has 33 heavy (non-hydrogen) atoms. The summed E-state index contributed by atoms with van der Waals surface area (Å²) in [4.78, 5) is 41.0. The first kappa shape index (κ1) is 24.3. The molecule has 1 aliphatic heterocycles. The van der Waals surface area contributed by atoms with E-state index in [0.29, 0.717) is 22.6 Å². The van der Waals surface area contributed by atoms with Crippen LogP contribution < -0.4 is 15.4 Å². The van der Waals surface area contributed by atoms with E-state index in [2.05, 4.69) is 10.6 Å². The van der Waals surface area contributed by atoms with Crippen molar-refractivity contribution in [1.82, 2.24) is 10.2 Å². The van der Waals surface area contributed by atoms with Gasteiger partial charge < -0.3 is 20.3 Å². The summed E-state index contributed by atoms with van der Waals surface area (Å²) in [5.74, 6) is -0.174. The van der Waals surface area contributed by atoms with Crippen molar-refractivity contribution in [2.24, 2.45) is 5.92 Å². The Morgan fingerprint density at radius 3 is 2.12 bits per heavy atom. The molecular weight excluding hydrogens is 418 g/mol. The number of ether oxygens (including phenoxy) is 1. The fraction of sp³-hybridized carbons (Fsp3) is 0.423. The largest absolute Gasteiger partial charge is 0.497 e. The standard InChI is InChI=1S/C26H33N3O4/c1-18(2)23(26(32)29-16-8-4-5-9-17-29)28-25(31)21-10-6-7-11-22(21)27-24(30)19-12-14-20(33-3)15-13-19/h6-7,10-15,18,23H,4-5,8-9,16-17H2,1-3H3,(H,27,30)(H,28,31). The molecule has 1 atom stereocenters. The van der Waals surface area contributed by atoms with Crippen molar-refractivity contribution < 1.29 is 19.1 Å². The van der Waals surface area contributed by atoms with Crippen LogP contribution in [0, 0.1) is 5.92 Å². The van der Waals surface area contributed by atoms with Gasteiger partial charge in [0, 0.05) is 18.7 Å². The Bertz CT molecular complexity index is 964. The maximum absolute atomic E-state index is 13.2. The number of hydrogen-bond donors (Lipinski definition) is 2. The maximum Gasteiger partial charge on any atom is 0.255 e. The van der Waals surface area contributed by atoms with Crippen molar-refractivity contribution in [2.45, 2.75) is 45.6 Å². The lowest BCUT2D eigenvalue weighted by Gasteiger charge is -2.29. The van der Waals surface area contributed by atoms with E-state index in [4.69, 9.17) is 4.74 Å². The fourth-order valence-electron chi connectivity index (χ4n) is 3.95. The Labute approximate surface area is 195 Å². The van der Waals surface area contributed by atoms with Crippen molar-refractivity contribution in [3.8, 4) is 5.75 Å². The molecule has 2 aromatic rings. The zero-order valence-corrected chi connectivity index (χ0v) is 19.6. The molecule has 1 fully saturated rings. The maximum atomic E-state index is 13.2. The highest BCUT2D eigenvalue weighted by Crippen LogP contribution is 2.19. The molecule has 3 rings (SSSR count). The Balaban J connectivity index is 1.74. The van der Waals surface area contributed by atoms with Crippen LogP contribution in [-0.4, -0.2) is 48.9 Å². The predicted molar refractivity (Wildman–Crippen MR) is 129 cm³/mol. The van der Waals surface area contributed by atoms with Crippen molar-refractivity contribution in [2.75, 3.05) is 25.5 Å². The number of likely N-dealkylation sites (tertiary alicyclic amines) is 1. The van der Waals surface area contributed by atoms with Crippen LogP contribution in [0.2, 0.25) is 0 Å². The smallest absolute Gasteiger partial charge is 0.255 e. The number of methoxy groups -OCH3 is 1. The van der Waals surface area contributed by atoms with E-state index >= 15 is 0 Å². The summed E-state index contributed by atoms with van der Waals surface area (Å²) in [5, 5.41) is 5.73. The lowest BCUT2D eigenvalue weighted by molar-refractivity contribution is -0.134. The molecule has 0 radical (unpaired) electrons. The monoisotopic (exact) mass is 451 g/mol. The van der Waals surface area contributed by atoms with Crippen LogP contribution in [0.1, 0.15) is 60.2 Å². The van der Waals surface area contributed by atoms with Gasteiger partial charge in [0.25, 0.3) is 11.8 Å². The SMILES string of the molecule is COc1ccc(C(=O)Nc2ccccc2C(=O)NC(C(=O)N2CCCCCC2)C(C)C)cc1. The molecule has 1 unspecified atom stereocenters. The predicted octanol–water partition coefficient (Wildman–Crippen LogP) is 4.10.